The van der Waals surface area contributed by atoms with E-state index < -0.39 is 18.2 Å². The molecule has 2 atom stereocenters. The second-order valence-electron chi connectivity index (χ2n) is 11.3. The first-order chi connectivity index (χ1) is 22.0. The largest absolute Gasteiger partial charge is 0.388 e. The number of hydrogen-bond acceptors (Lipinski definition) is 6. The summed E-state index contributed by atoms with van der Waals surface area (Å²) in [4.78, 5) is 44.8. The van der Waals surface area contributed by atoms with Crippen LogP contribution in [-0.4, -0.2) is 76.6 Å². The third kappa shape index (κ3) is 6.16. The standard InChI is InChI=1S/C35H35N7O3/c1-37-29-16-14-25(15-17-29)20-31-34(44)39(22-28-12-7-11-27-10-5-6-13-30(27)28)23-32-41(24-33(43)42(31)32)40(19-18-36)35(45)38-21-26-8-3-2-4-9-26/h2-17,31-32,37H,19-24H2,1H3,(H,38,45)/t31-,32+/m0/s1. The van der Waals surface area contributed by atoms with Gasteiger partial charge in [-0.2, -0.15) is 10.3 Å². The number of hydrogen-bond donors (Lipinski definition) is 2. The highest BCUT2D eigenvalue weighted by Gasteiger charge is 2.52. The third-order valence-electron chi connectivity index (χ3n) is 8.53. The molecule has 2 aliphatic heterocycles. The van der Waals surface area contributed by atoms with Crippen LogP contribution < -0.4 is 10.6 Å². The first-order valence-corrected chi connectivity index (χ1v) is 15.0. The zero-order valence-corrected chi connectivity index (χ0v) is 25.1. The summed E-state index contributed by atoms with van der Waals surface area (Å²) in [6, 6.07) is 32.2. The van der Waals surface area contributed by atoms with Crippen LogP contribution in [0.5, 0.6) is 0 Å². The minimum absolute atomic E-state index is 0.115. The van der Waals surface area contributed by atoms with E-state index in [1.54, 1.807) is 14.8 Å². The summed E-state index contributed by atoms with van der Waals surface area (Å²) in [6.07, 6.45) is -0.300. The lowest BCUT2D eigenvalue weighted by atomic mass is 9.98. The van der Waals surface area contributed by atoms with Crippen LogP contribution in [0.4, 0.5) is 10.5 Å². The van der Waals surface area contributed by atoms with Crippen molar-refractivity contribution < 1.29 is 14.4 Å². The highest BCUT2D eigenvalue weighted by Crippen LogP contribution is 2.31. The number of anilines is 1. The van der Waals surface area contributed by atoms with Crippen molar-refractivity contribution in [2.24, 2.45) is 0 Å². The maximum absolute atomic E-state index is 14.2. The molecule has 0 spiro atoms. The van der Waals surface area contributed by atoms with Gasteiger partial charge < -0.3 is 20.4 Å². The summed E-state index contributed by atoms with van der Waals surface area (Å²) in [5.74, 6) is -0.402. The molecule has 2 fully saturated rings. The molecule has 2 heterocycles. The third-order valence-corrected chi connectivity index (χ3v) is 8.53. The predicted octanol–water partition coefficient (Wildman–Crippen LogP) is 3.96. The van der Waals surface area contributed by atoms with Crippen LogP contribution in [0, 0.1) is 11.3 Å². The minimum Gasteiger partial charge on any atom is -0.388 e. The Morgan fingerprint density at radius 3 is 2.42 bits per heavy atom. The molecule has 2 saturated heterocycles. The van der Waals surface area contributed by atoms with Crippen molar-refractivity contribution in [3.8, 4) is 6.07 Å². The lowest BCUT2D eigenvalue weighted by Gasteiger charge is -2.46. The second kappa shape index (κ2) is 13.1. The average molecular weight is 602 g/mol. The molecule has 10 nitrogen and oxygen atoms in total. The molecule has 2 N–H and O–H groups in total. The van der Waals surface area contributed by atoms with Crippen molar-refractivity contribution in [2.75, 3.05) is 32.0 Å². The molecule has 4 amide bonds. The van der Waals surface area contributed by atoms with Crippen LogP contribution in [0.2, 0.25) is 0 Å². The van der Waals surface area contributed by atoms with Crippen molar-refractivity contribution in [1.29, 1.82) is 5.26 Å². The van der Waals surface area contributed by atoms with Gasteiger partial charge in [0.1, 0.15) is 18.8 Å². The van der Waals surface area contributed by atoms with Gasteiger partial charge in [-0.15, -0.1) is 0 Å². The molecule has 0 aliphatic carbocycles. The number of rotatable bonds is 9. The smallest absolute Gasteiger partial charge is 0.333 e. The number of nitriles is 1. The Bertz CT molecular complexity index is 1730. The maximum Gasteiger partial charge on any atom is 0.333 e. The molecule has 0 bridgehead atoms. The first kappa shape index (κ1) is 29.7. The van der Waals surface area contributed by atoms with Crippen molar-refractivity contribution in [1.82, 2.24) is 25.1 Å². The van der Waals surface area contributed by atoms with Crippen LogP contribution in [-0.2, 0) is 29.1 Å². The first-order valence-electron chi connectivity index (χ1n) is 15.0. The number of carbonyl (C=O) groups is 3. The highest BCUT2D eigenvalue weighted by molar-refractivity contribution is 5.92. The molecule has 0 unspecified atom stereocenters. The van der Waals surface area contributed by atoms with Crippen molar-refractivity contribution in [3.05, 3.63) is 114 Å². The van der Waals surface area contributed by atoms with Crippen LogP contribution in [0.25, 0.3) is 10.8 Å². The summed E-state index contributed by atoms with van der Waals surface area (Å²) in [5, 5.41) is 20.8. The van der Waals surface area contributed by atoms with Gasteiger partial charge in [-0.05, 0) is 39.6 Å². The van der Waals surface area contributed by atoms with E-state index in [-0.39, 0.29) is 38.0 Å². The Morgan fingerprint density at radius 2 is 1.67 bits per heavy atom. The average Bonchev–Trinajstić information content (AvgIpc) is 3.40. The zero-order chi connectivity index (χ0) is 31.3. The van der Waals surface area contributed by atoms with E-state index in [1.807, 2.05) is 104 Å². The molecule has 4 aromatic rings. The minimum atomic E-state index is -0.770. The molecule has 2 aliphatic rings. The SMILES string of the molecule is CNc1ccc(C[C@H]2C(=O)N(Cc3cccc4ccccc34)C[C@H]3N2C(=O)CN3N(CC#N)C(=O)NCc2ccccc2)cc1. The van der Waals surface area contributed by atoms with Gasteiger partial charge in [0.25, 0.3) is 0 Å². The van der Waals surface area contributed by atoms with Crippen LogP contribution in [0.1, 0.15) is 16.7 Å². The molecule has 0 saturated carbocycles. The Kier molecular flexibility index (Phi) is 8.62. The van der Waals surface area contributed by atoms with Crippen molar-refractivity contribution >= 4 is 34.3 Å². The number of fused-ring (bicyclic) bond motifs is 2. The number of piperazine rings is 1. The van der Waals surface area contributed by atoms with Gasteiger partial charge in [-0.3, -0.25) is 9.59 Å². The second-order valence-corrected chi connectivity index (χ2v) is 11.3. The number of nitrogens with one attached hydrogen (secondary N) is 2. The molecule has 4 aromatic carbocycles. The van der Waals surface area contributed by atoms with E-state index in [9.17, 15) is 19.6 Å². The van der Waals surface area contributed by atoms with E-state index >= 15 is 0 Å². The van der Waals surface area contributed by atoms with Crippen LogP contribution in [0.15, 0.2) is 97.1 Å². The lowest BCUT2D eigenvalue weighted by molar-refractivity contribution is -0.157. The normalized spacial score (nSPS) is 18.0. The number of nitrogens with zero attached hydrogens (tertiary/aromatic N) is 5. The van der Waals surface area contributed by atoms with Gasteiger partial charge in [0, 0.05) is 32.2 Å². The summed E-state index contributed by atoms with van der Waals surface area (Å²) in [5.41, 5.74) is 3.77. The zero-order valence-electron chi connectivity index (χ0n) is 25.1. The fourth-order valence-corrected chi connectivity index (χ4v) is 6.27. The van der Waals surface area contributed by atoms with E-state index in [1.165, 1.54) is 5.01 Å². The quantitative estimate of drug-likeness (QED) is 0.281. The van der Waals surface area contributed by atoms with E-state index in [4.69, 9.17) is 0 Å². The topological polar surface area (TPSA) is 112 Å². The van der Waals surface area contributed by atoms with Crippen LogP contribution in [0.3, 0.4) is 0 Å². The molecular formula is C35H35N7O3. The van der Waals surface area contributed by atoms with E-state index in [0.717, 1.165) is 33.2 Å². The number of benzene rings is 4. The summed E-state index contributed by atoms with van der Waals surface area (Å²) >= 11 is 0. The Hall–Kier alpha value is -5.40. The molecular weight excluding hydrogens is 566 g/mol. The monoisotopic (exact) mass is 601 g/mol. The van der Waals surface area contributed by atoms with Crippen molar-refractivity contribution in [2.45, 2.75) is 31.7 Å². The Labute approximate surface area is 262 Å². The molecule has 45 heavy (non-hydrogen) atoms. The molecule has 10 heteroatoms. The van der Waals surface area contributed by atoms with Crippen molar-refractivity contribution in [3.63, 3.8) is 0 Å². The fraction of sp³-hybridized carbons (Fsp3) is 0.257. The molecule has 228 valence electrons. The Morgan fingerprint density at radius 1 is 0.933 bits per heavy atom. The van der Waals surface area contributed by atoms with Crippen LogP contribution >= 0.6 is 0 Å². The number of hydrazine groups is 1. The fourth-order valence-electron chi connectivity index (χ4n) is 6.27. The molecule has 0 aromatic heterocycles. The molecule has 6 rings (SSSR count). The molecule has 0 radical (unpaired) electrons. The van der Waals surface area contributed by atoms with Gasteiger partial charge in [0.2, 0.25) is 11.8 Å². The van der Waals surface area contributed by atoms with Gasteiger partial charge >= 0.3 is 6.03 Å². The predicted molar refractivity (Wildman–Crippen MR) is 171 cm³/mol. The number of urea groups is 1. The van der Waals surface area contributed by atoms with E-state index in [2.05, 4.69) is 16.7 Å². The Balaban J connectivity index is 1.32. The van der Waals surface area contributed by atoms with E-state index in [0.29, 0.717) is 13.0 Å². The summed E-state index contributed by atoms with van der Waals surface area (Å²) < 4.78 is 0. The van der Waals surface area contributed by atoms with Gasteiger partial charge in [-0.25, -0.2) is 9.80 Å². The number of carbonyl (C=O) groups excluding carboxylic acids is 3. The van der Waals surface area contributed by atoms with Gasteiger partial charge in [0.15, 0.2) is 0 Å². The summed E-state index contributed by atoms with van der Waals surface area (Å²) in [7, 11) is 1.84. The lowest BCUT2D eigenvalue weighted by Crippen LogP contribution is -2.66. The van der Waals surface area contributed by atoms with Gasteiger partial charge in [0.05, 0.1) is 19.2 Å². The number of amides is 4. The maximum atomic E-state index is 14.2. The summed E-state index contributed by atoms with van der Waals surface area (Å²) in [6.45, 7) is 0.452. The highest BCUT2D eigenvalue weighted by atomic mass is 16.2. The van der Waals surface area contributed by atoms with Gasteiger partial charge in [-0.1, -0.05) is 84.9 Å².